The Balaban J connectivity index is 0.000000221. The average Bonchev–Trinajstić information content (AvgIpc) is 3.25. The Hall–Kier alpha value is -5.86. The third-order valence-corrected chi connectivity index (χ3v) is 10.7. The molecular formula is C44H52F2N6O6. The van der Waals surface area contributed by atoms with Crippen LogP contribution in [0.2, 0.25) is 0 Å². The smallest absolute Gasteiger partial charge is 0.321 e. The number of anilines is 2. The molecule has 0 radical (unpaired) electrons. The number of rotatable bonds is 12. The molecule has 4 aromatic rings. The van der Waals surface area contributed by atoms with E-state index in [1.165, 1.54) is 24.3 Å². The first-order valence-corrected chi connectivity index (χ1v) is 19.8. The summed E-state index contributed by atoms with van der Waals surface area (Å²) in [7, 11) is 0. The van der Waals surface area contributed by atoms with Crippen LogP contribution in [0.5, 0.6) is 0 Å². The maximum absolute atomic E-state index is 13.4. The monoisotopic (exact) mass is 798 g/mol. The van der Waals surface area contributed by atoms with Crippen molar-refractivity contribution < 1.29 is 38.4 Å². The van der Waals surface area contributed by atoms with Gasteiger partial charge < -0.3 is 20.4 Å². The minimum Gasteiger partial charge on any atom is -0.325 e. The van der Waals surface area contributed by atoms with Crippen molar-refractivity contribution in [1.82, 2.24) is 20.8 Å². The topological polar surface area (TPSA) is 163 Å². The molecule has 2 saturated heterocycles. The second-order valence-corrected chi connectivity index (χ2v) is 14.7. The van der Waals surface area contributed by atoms with E-state index in [4.69, 9.17) is 10.4 Å². The van der Waals surface area contributed by atoms with Gasteiger partial charge in [0.1, 0.15) is 11.6 Å². The van der Waals surface area contributed by atoms with Gasteiger partial charge in [0.15, 0.2) is 0 Å². The number of carbonyl (C=O) groups is 4. The van der Waals surface area contributed by atoms with Crippen molar-refractivity contribution in [2.75, 3.05) is 36.8 Å². The Bertz CT molecular complexity index is 1930. The van der Waals surface area contributed by atoms with Crippen LogP contribution in [0.3, 0.4) is 0 Å². The molecular weight excluding hydrogens is 747 g/mol. The van der Waals surface area contributed by atoms with E-state index in [1.807, 2.05) is 59.5 Å². The standard InChI is InChI=1S/2C22H26FN3O3/c23-19-5-2-4-18(15-19)17-7-9-20(10-8-17)24-22(28)26-13-11-16(12-14-26)3-1-6-21(27)25-29;23-19-8-4-17(5-9-19)18-6-10-20(11-7-18)24-22(28)26-14-12-16(13-15-26)2-1-3-21(27)25-29/h2,4-5,7-10,15-16,29H,1,3,6,11-14H2,(H,24,28)(H,25,27);4-11,16,29H,1-3,12-15H2,(H,24,28)(H,25,27). The second-order valence-electron chi connectivity index (χ2n) is 14.7. The molecule has 2 aliphatic rings. The number of piperidine rings is 2. The second kappa shape index (κ2) is 22.2. The predicted molar refractivity (Wildman–Crippen MR) is 218 cm³/mol. The molecule has 0 unspecified atom stereocenters. The van der Waals surface area contributed by atoms with Gasteiger partial charge in [0.2, 0.25) is 11.8 Å². The van der Waals surface area contributed by atoms with Crippen molar-refractivity contribution >= 4 is 35.3 Å². The van der Waals surface area contributed by atoms with Crippen LogP contribution in [-0.4, -0.2) is 70.3 Å². The van der Waals surface area contributed by atoms with Crippen molar-refractivity contribution in [3.8, 4) is 22.3 Å². The number of benzene rings is 4. The third kappa shape index (κ3) is 13.7. The highest BCUT2D eigenvalue weighted by molar-refractivity contribution is 5.90. The van der Waals surface area contributed by atoms with Gasteiger partial charge in [-0.3, -0.25) is 20.0 Å². The summed E-state index contributed by atoms with van der Waals surface area (Å²) in [6, 6.07) is 27.3. The maximum atomic E-state index is 13.4. The molecule has 0 aromatic heterocycles. The molecule has 2 fully saturated rings. The van der Waals surface area contributed by atoms with Gasteiger partial charge in [-0.25, -0.2) is 29.3 Å². The quantitative estimate of drug-likeness (QED) is 0.0620. The Morgan fingerprint density at radius 3 is 1.33 bits per heavy atom. The Morgan fingerprint density at radius 2 is 0.931 bits per heavy atom. The number of nitrogens with one attached hydrogen (secondary N) is 4. The molecule has 2 aliphatic heterocycles. The average molecular weight is 799 g/mol. The highest BCUT2D eigenvalue weighted by Gasteiger charge is 2.24. The van der Waals surface area contributed by atoms with E-state index in [0.29, 0.717) is 56.5 Å². The van der Waals surface area contributed by atoms with Gasteiger partial charge in [-0.05, 0) is 134 Å². The summed E-state index contributed by atoms with van der Waals surface area (Å²) in [4.78, 5) is 50.7. The molecule has 308 valence electrons. The summed E-state index contributed by atoms with van der Waals surface area (Å²) in [5.41, 5.74) is 8.27. The van der Waals surface area contributed by atoms with E-state index in [0.717, 1.165) is 79.3 Å². The number of likely N-dealkylation sites (tertiary alicyclic amines) is 2. The summed E-state index contributed by atoms with van der Waals surface area (Å²) in [6.07, 6.45) is 7.62. The van der Waals surface area contributed by atoms with Crippen LogP contribution in [0.15, 0.2) is 97.1 Å². The zero-order valence-corrected chi connectivity index (χ0v) is 32.5. The summed E-state index contributed by atoms with van der Waals surface area (Å²) in [6.45, 7) is 2.75. The van der Waals surface area contributed by atoms with E-state index in [1.54, 1.807) is 34.1 Å². The van der Waals surface area contributed by atoms with Crippen molar-refractivity contribution in [3.05, 3.63) is 109 Å². The fourth-order valence-electron chi connectivity index (χ4n) is 7.27. The Morgan fingerprint density at radius 1 is 0.534 bits per heavy atom. The van der Waals surface area contributed by atoms with Crippen molar-refractivity contribution in [2.24, 2.45) is 11.8 Å². The number of halogens is 2. The predicted octanol–water partition coefficient (Wildman–Crippen LogP) is 8.82. The van der Waals surface area contributed by atoms with Crippen LogP contribution in [0.1, 0.15) is 64.2 Å². The number of hydrogen-bond donors (Lipinski definition) is 6. The van der Waals surface area contributed by atoms with Crippen molar-refractivity contribution in [2.45, 2.75) is 64.2 Å². The summed E-state index contributed by atoms with van der Waals surface area (Å²) < 4.78 is 26.4. The summed E-state index contributed by atoms with van der Waals surface area (Å²) >= 11 is 0. The van der Waals surface area contributed by atoms with E-state index in [-0.39, 0.29) is 35.5 Å². The van der Waals surface area contributed by atoms with E-state index in [2.05, 4.69) is 10.6 Å². The molecule has 0 bridgehead atoms. The molecule has 0 atom stereocenters. The zero-order valence-electron chi connectivity index (χ0n) is 32.5. The van der Waals surface area contributed by atoms with E-state index < -0.39 is 0 Å². The minimum atomic E-state index is -0.356. The number of hydroxylamine groups is 2. The first kappa shape index (κ1) is 43.3. The van der Waals surface area contributed by atoms with Crippen LogP contribution in [-0.2, 0) is 9.59 Å². The molecule has 6 N–H and O–H groups in total. The molecule has 0 spiro atoms. The van der Waals surface area contributed by atoms with Gasteiger partial charge in [-0.15, -0.1) is 0 Å². The number of urea groups is 2. The number of nitrogens with zero attached hydrogens (tertiary/aromatic N) is 2. The van der Waals surface area contributed by atoms with Gasteiger partial charge in [0.25, 0.3) is 0 Å². The highest BCUT2D eigenvalue weighted by Crippen LogP contribution is 2.27. The van der Waals surface area contributed by atoms with Crippen LogP contribution in [0.25, 0.3) is 22.3 Å². The van der Waals surface area contributed by atoms with Gasteiger partial charge in [0.05, 0.1) is 0 Å². The molecule has 58 heavy (non-hydrogen) atoms. The lowest BCUT2D eigenvalue weighted by atomic mass is 9.91. The fraction of sp³-hybridized carbons (Fsp3) is 0.364. The van der Waals surface area contributed by atoms with Gasteiger partial charge in [0, 0.05) is 50.4 Å². The highest BCUT2D eigenvalue weighted by atomic mass is 19.1. The Kier molecular flexibility index (Phi) is 16.5. The fourth-order valence-corrected chi connectivity index (χ4v) is 7.27. The number of hydrogen-bond acceptors (Lipinski definition) is 6. The Labute approximate surface area is 337 Å². The molecule has 12 nitrogen and oxygen atoms in total. The molecule has 6 rings (SSSR count). The normalized spacial score (nSPS) is 14.5. The van der Waals surface area contributed by atoms with Crippen LogP contribution < -0.4 is 21.6 Å². The van der Waals surface area contributed by atoms with Crippen LogP contribution >= 0.6 is 0 Å². The van der Waals surface area contributed by atoms with E-state index >= 15 is 0 Å². The van der Waals surface area contributed by atoms with Gasteiger partial charge in [-0.2, -0.15) is 0 Å². The minimum absolute atomic E-state index is 0.113. The van der Waals surface area contributed by atoms with Gasteiger partial charge in [-0.1, -0.05) is 48.5 Å². The third-order valence-electron chi connectivity index (χ3n) is 10.7. The number of amides is 6. The largest absolute Gasteiger partial charge is 0.325 e. The lowest BCUT2D eigenvalue weighted by molar-refractivity contribution is -0.130. The molecule has 6 amide bonds. The molecule has 2 heterocycles. The first-order chi connectivity index (χ1) is 28.1. The zero-order chi connectivity index (χ0) is 41.3. The lowest BCUT2D eigenvalue weighted by Crippen LogP contribution is -2.41. The SMILES string of the molecule is O=C(CCCC1CCN(C(=O)Nc2ccc(-c3ccc(F)cc3)cc2)CC1)NO.O=C(CCCC1CCN(C(=O)Nc2ccc(-c3cccc(F)c3)cc2)CC1)NO. The summed E-state index contributed by atoms with van der Waals surface area (Å²) in [5, 5.41) is 22.9. The van der Waals surface area contributed by atoms with Crippen LogP contribution in [0, 0.1) is 23.5 Å². The van der Waals surface area contributed by atoms with Crippen molar-refractivity contribution in [1.29, 1.82) is 0 Å². The molecule has 4 aromatic carbocycles. The van der Waals surface area contributed by atoms with Crippen LogP contribution in [0.4, 0.5) is 29.7 Å². The van der Waals surface area contributed by atoms with E-state index in [9.17, 15) is 28.0 Å². The molecule has 0 saturated carbocycles. The lowest BCUT2D eigenvalue weighted by Gasteiger charge is -2.32. The van der Waals surface area contributed by atoms with Gasteiger partial charge >= 0.3 is 12.1 Å². The first-order valence-electron chi connectivity index (χ1n) is 19.8. The molecule has 0 aliphatic carbocycles. The maximum Gasteiger partial charge on any atom is 0.321 e. The molecule has 14 heteroatoms. The number of carbonyl (C=O) groups excluding carboxylic acids is 4. The summed E-state index contributed by atoms with van der Waals surface area (Å²) in [5.74, 6) is -0.258. The van der Waals surface area contributed by atoms with Crippen molar-refractivity contribution in [3.63, 3.8) is 0 Å².